The molecular formula is C13H19NO6S. The highest BCUT2D eigenvalue weighted by molar-refractivity contribution is 7.89. The fraction of sp³-hybridized carbons (Fsp3) is 0.462. The Morgan fingerprint density at radius 1 is 1.33 bits per heavy atom. The van der Waals surface area contributed by atoms with Gasteiger partial charge in [-0.15, -0.1) is 0 Å². The van der Waals surface area contributed by atoms with Crippen LogP contribution in [0.1, 0.15) is 24.2 Å². The van der Waals surface area contributed by atoms with Crippen LogP contribution in [0.25, 0.3) is 0 Å². The smallest absolute Gasteiger partial charge is 0.341 e. The van der Waals surface area contributed by atoms with E-state index in [1.807, 2.05) is 0 Å². The van der Waals surface area contributed by atoms with Gasteiger partial charge in [-0.2, -0.15) is 0 Å². The van der Waals surface area contributed by atoms with Crippen molar-refractivity contribution < 1.29 is 27.8 Å². The summed E-state index contributed by atoms with van der Waals surface area (Å²) in [5.74, 6) is -1.17. The molecule has 21 heavy (non-hydrogen) atoms. The number of carbonyl (C=O) groups is 1. The Kier molecular flexibility index (Phi) is 5.32. The fourth-order valence-corrected chi connectivity index (χ4v) is 2.60. The van der Waals surface area contributed by atoms with E-state index in [1.165, 1.54) is 13.2 Å². The van der Waals surface area contributed by atoms with Crippen LogP contribution >= 0.6 is 0 Å². The van der Waals surface area contributed by atoms with Crippen LogP contribution in [0.15, 0.2) is 23.1 Å². The molecule has 0 aliphatic rings. The molecule has 0 saturated heterocycles. The number of hydrogen-bond donors (Lipinski definition) is 2. The van der Waals surface area contributed by atoms with Gasteiger partial charge in [-0.3, -0.25) is 0 Å². The predicted molar refractivity (Wildman–Crippen MR) is 75.7 cm³/mol. The van der Waals surface area contributed by atoms with Gasteiger partial charge in [0.25, 0.3) is 0 Å². The average molecular weight is 317 g/mol. The molecule has 0 aromatic heterocycles. The van der Waals surface area contributed by atoms with Gasteiger partial charge in [0.05, 0.1) is 17.6 Å². The number of hydrogen-bond acceptors (Lipinski definition) is 6. The molecule has 0 amide bonds. The Hall–Kier alpha value is -1.64. The molecule has 0 radical (unpaired) electrons. The second kappa shape index (κ2) is 6.42. The van der Waals surface area contributed by atoms with Crippen molar-refractivity contribution in [2.45, 2.75) is 24.3 Å². The zero-order valence-electron chi connectivity index (χ0n) is 12.3. The third kappa shape index (κ3) is 4.42. The molecule has 0 unspecified atom stereocenters. The summed E-state index contributed by atoms with van der Waals surface area (Å²) in [6.07, 6.45) is 0. The molecule has 0 saturated carbocycles. The quantitative estimate of drug-likeness (QED) is 0.755. The third-order valence-electron chi connectivity index (χ3n) is 2.92. The van der Waals surface area contributed by atoms with E-state index >= 15 is 0 Å². The summed E-state index contributed by atoms with van der Waals surface area (Å²) in [6, 6.07) is 3.38. The molecule has 1 aromatic carbocycles. The van der Waals surface area contributed by atoms with Crippen LogP contribution in [0.2, 0.25) is 0 Å². The summed E-state index contributed by atoms with van der Waals surface area (Å²) in [5.41, 5.74) is -0.888. The lowest BCUT2D eigenvalue weighted by Gasteiger charge is -2.23. The Morgan fingerprint density at radius 2 is 1.95 bits per heavy atom. The van der Waals surface area contributed by atoms with Crippen LogP contribution < -0.4 is 4.72 Å². The minimum atomic E-state index is -3.83. The molecular weight excluding hydrogens is 298 g/mol. The van der Waals surface area contributed by atoms with E-state index in [9.17, 15) is 18.3 Å². The average Bonchev–Trinajstić information content (AvgIpc) is 2.45. The maximum Gasteiger partial charge on any atom is 0.341 e. The second-order valence-electron chi connectivity index (χ2n) is 4.96. The zero-order valence-corrected chi connectivity index (χ0v) is 13.2. The summed E-state index contributed by atoms with van der Waals surface area (Å²) in [6.45, 7) is 3.51. The molecule has 0 spiro atoms. The van der Waals surface area contributed by atoms with E-state index in [1.54, 1.807) is 13.8 Å². The fourth-order valence-electron chi connectivity index (χ4n) is 1.38. The highest BCUT2D eigenvalue weighted by Gasteiger charge is 2.23. The Morgan fingerprint density at radius 3 is 2.48 bits per heavy atom. The summed E-state index contributed by atoms with van der Waals surface area (Å²) in [4.78, 5) is 11.3. The number of esters is 1. The number of ether oxygens (including phenoxy) is 2. The van der Waals surface area contributed by atoms with Crippen molar-refractivity contribution in [2.24, 2.45) is 0 Å². The number of carbonyl (C=O) groups excluding carboxylic acids is 1. The molecule has 118 valence electrons. The van der Waals surface area contributed by atoms with Crippen molar-refractivity contribution in [1.29, 1.82) is 0 Å². The topological polar surface area (TPSA) is 102 Å². The van der Waals surface area contributed by atoms with Crippen LogP contribution in [0, 0.1) is 0 Å². The van der Waals surface area contributed by atoms with Gasteiger partial charge in [-0.1, -0.05) is 0 Å². The summed E-state index contributed by atoms with van der Waals surface area (Å²) < 4.78 is 36.3. The number of nitrogens with one attached hydrogen (secondary N) is 1. The first-order valence-electron chi connectivity index (χ1n) is 6.09. The van der Waals surface area contributed by atoms with Crippen molar-refractivity contribution in [3.63, 3.8) is 0 Å². The van der Waals surface area contributed by atoms with Gasteiger partial charge < -0.3 is 14.6 Å². The minimum Gasteiger partial charge on any atom is -0.507 e. The number of benzene rings is 1. The highest BCUT2D eigenvalue weighted by Crippen LogP contribution is 2.22. The van der Waals surface area contributed by atoms with Crippen molar-refractivity contribution in [3.8, 4) is 5.75 Å². The number of phenols is 1. The normalized spacial score (nSPS) is 12.2. The van der Waals surface area contributed by atoms with Crippen LogP contribution in [0.3, 0.4) is 0 Å². The van der Waals surface area contributed by atoms with Crippen LogP contribution in [0.4, 0.5) is 0 Å². The molecule has 0 aliphatic carbocycles. The molecule has 0 fully saturated rings. The first-order chi connectivity index (χ1) is 9.63. The SMILES string of the molecule is COC(=O)c1cc(S(=O)(=O)NCC(C)(C)OC)ccc1O. The molecule has 1 rings (SSSR count). The van der Waals surface area contributed by atoms with Gasteiger partial charge in [-0.05, 0) is 32.0 Å². The molecule has 8 heteroatoms. The van der Waals surface area contributed by atoms with Crippen molar-refractivity contribution in [3.05, 3.63) is 23.8 Å². The highest BCUT2D eigenvalue weighted by atomic mass is 32.2. The van der Waals surface area contributed by atoms with E-state index in [-0.39, 0.29) is 22.8 Å². The molecule has 0 atom stereocenters. The molecule has 2 N–H and O–H groups in total. The molecule has 0 heterocycles. The van der Waals surface area contributed by atoms with E-state index in [4.69, 9.17) is 4.74 Å². The first-order valence-corrected chi connectivity index (χ1v) is 7.57. The molecule has 7 nitrogen and oxygen atoms in total. The Balaban J connectivity index is 3.07. The zero-order chi connectivity index (χ0) is 16.3. The molecule has 0 aliphatic heterocycles. The largest absolute Gasteiger partial charge is 0.507 e. The maximum absolute atomic E-state index is 12.2. The summed E-state index contributed by atoms with van der Waals surface area (Å²) in [7, 11) is -1.22. The van der Waals surface area contributed by atoms with Crippen molar-refractivity contribution >= 4 is 16.0 Å². The second-order valence-corrected chi connectivity index (χ2v) is 6.73. The van der Waals surface area contributed by atoms with Crippen LogP contribution in [0.5, 0.6) is 5.75 Å². The number of sulfonamides is 1. The number of aromatic hydroxyl groups is 1. The van der Waals surface area contributed by atoms with Gasteiger partial charge >= 0.3 is 5.97 Å². The van der Waals surface area contributed by atoms with E-state index in [0.29, 0.717) is 0 Å². The van der Waals surface area contributed by atoms with Crippen LogP contribution in [-0.2, 0) is 19.5 Å². The molecule has 1 aromatic rings. The maximum atomic E-state index is 12.2. The first kappa shape index (κ1) is 17.4. The number of rotatable bonds is 6. The van der Waals surface area contributed by atoms with Crippen LogP contribution in [-0.4, -0.2) is 45.9 Å². The van der Waals surface area contributed by atoms with Gasteiger partial charge in [0.1, 0.15) is 11.3 Å². The van der Waals surface area contributed by atoms with Crippen molar-refractivity contribution in [1.82, 2.24) is 4.72 Å². The van der Waals surface area contributed by atoms with Crippen molar-refractivity contribution in [2.75, 3.05) is 20.8 Å². The number of phenolic OH excluding ortho intramolecular Hbond substituents is 1. The van der Waals surface area contributed by atoms with E-state index < -0.39 is 21.6 Å². The lowest BCUT2D eigenvalue weighted by molar-refractivity contribution is 0.0276. The van der Waals surface area contributed by atoms with Gasteiger partial charge in [0, 0.05) is 13.7 Å². The van der Waals surface area contributed by atoms with Gasteiger partial charge in [0.2, 0.25) is 10.0 Å². The predicted octanol–water partition coefficient (Wildman–Crippen LogP) is 0.882. The van der Waals surface area contributed by atoms with Gasteiger partial charge in [0.15, 0.2) is 0 Å². The standard InChI is InChI=1S/C13H19NO6S/c1-13(2,20-4)8-14-21(17,18)9-5-6-11(15)10(7-9)12(16)19-3/h5-7,14-15H,8H2,1-4H3. The lowest BCUT2D eigenvalue weighted by Crippen LogP contribution is -2.39. The molecule has 0 bridgehead atoms. The monoisotopic (exact) mass is 317 g/mol. The van der Waals surface area contributed by atoms with Gasteiger partial charge in [-0.25, -0.2) is 17.9 Å². The third-order valence-corrected chi connectivity index (χ3v) is 4.32. The lowest BCUT2D eigenvalue weighted by atomic mass is 10.1. The Labute approximate surface area is 123 Å². The summed E-state index contributed by atoms with van der Waals surface area (Å²) >= 11 is 0. The van der Waals surface area contributed by atoms with E-state index in [0.717, 1.165) is 19.2 Å². The number of methoxy groups -OCH3 is 2. The Bertz CT molecular complexity index is 624. The minimum absolute atomic E-state index is 0.0558. The summed E-state index contributed by atoms with van der Waals surface area (Å²) in [5, 5.41) is 9.56. The van der Waals surface area contributed by atoms with E-state index in [2.05, 4.69) is 9.46 Å².